The molecule has 11 aromatic rings. The Morgan fingerprint density at radius 2 is 1.12 bits per heavy atom. The topological polar surface area (TPSA) is 104 Å². The minimum absolute atomic E-state index is 0.0640. The van der Waals surface area contributed by atoms with Crippen LogP contribution in [0.1, 0.15) is 54.0 Å². The molecule has 3 aliphatic rings. The summed E-state index contributed by atoms with van der Waals surface area (Å²) in [5, 5.41) is 39.4. The zero-order valence-electron chi connectivity index (χ0n) is 64.8. The van der Waals surface area contributed by atoms with E-state index in [1.807, 2.05) is 49.3 Å². The van der Waals surface area contributed by atoms with Gasteiger partial charge in [0.15, 0.2) is 5.78 Å². The van der Waals surface area contributed by atoms with Crippen LogP contribution in [-0.4, -0.2) is 86.5 Å². The Morgan fingerprint density at radius 3 is 1.65 bits per heavy atom. The van der Waals surface area contributed by atoms with Crippen molar-refractivity contribution in [1.82, 2.24) is 0 Å². The lowest BCUT2D eigenvalue weighted by Crippen LogP contribution is -2.33. The summed E-state index contributed by atoms with van der Waals surface area (Å²) in [7, 11) is 12.4. The highest BCUT2D eigenvalue weighted by molar-refractivity contribution is 8.03. The van der Waals surface area contributed by atoms with Gasteiger partial charge in [0.05, 0.1) is 16.4 Å². The lowest BCUT2D eigenvalue weighted by atomic mass is 9.81. The van der Waals surface area contributed by atoms with Crippen LogP contribution in [0.5, 0.6) is 11.5 Å². The number of fused-ring (bicyclic) bond motifs is 2. The number of phenols is 2. The summed E-state index contributed by atoms with van der Waals surface area (Å²) in [6.07, 6.45) is 17.8. The minimum atomic E-state index is -3.67. The number of Topliss-reactive ketones (excluding diaryl/α,β-unsaturated/α-hetero) is 1. The third-order valence-corrected chi connectivity index (χ3v) is 22.0. The van der Waals surface area contributed by atoms with Gasteiger partial charge in [-0.1, -0.05) is 193 Å². The van der Waals surface area contributed by atoms with Crippen LogP contribution in [0.25, 0.3) is 51.7 Å². The Kier molecular flexibility index (Phi) is 27.4. The zero-order chi connectivity index (χ0) is 80.7. The van der Waals surface area contributed by atoms with E-state index in [9.17, 15) is 33.1 Å². The zero-order valence-corrected chi connectivity index (χ0v) is 68.0. The van der Waals surface area contributed by atoms with Crippen molar-refractivity contribution in [2.24, 2.45) is 0 Å². The van der Waals surface area contributed by atoms with Crippen LogP contribution in [0, 0.1) is 0 Å². The number of phenolic OH excluding ortho intramolecular Hbond substituents is 2. The molecule has 0 spiro atoms. The fraction of sp³-hybridized carbons (Fsp3) is 0.149. The van der Waals surface area contributed by atoms with E-state index < -0.39 is 19.1 Å². The van der Waals surface area contributed by atoms with Gasteiger partial charge in [-0.05, 0) is 209 Å². The maximum atomic E-state index is 12.4. The highest BCUT2D eigenvalue weighted by Gasteiger charge is 2.32. The predicted molar refractivity (Wildman–Crippen MR) is 471 cm³/mol. The number of thioether (sulfide) groups is 1. The normalized spacial score (nSPS) is 14.1. The molecule has 0 amide bonds. The van der Waals surface area contributed by atoms with E-state index in [0.29, 0.717) is 5.22 Å². The Labute approximate surface area is 678 Å². The first-order chi connectivity index (χ1) is 54.3. The standard InChI is InChI=1S/C39H34Cl2N3S2.C36H39N3.C19H17NO4.BF3/c1-3-42-33-25-29(40)19-21-35(33)45-37(42)23-17-27-15-16-28(18-24-38-43(4-2)34-26-30(41)20-22-36(34)46-38)39(27)44(31-11-7-5-8-12-31)32-13-9-6-10-14-32;1-27-11-13-28(14-12-27)35(29-15-21-32(22-16-29)37(2)3)9-8-10-36(30-17-23-33(24-18-30)38(4)5)31-19-25-34(26-20-31)39(6)7;1-10-4-6-12(14(21)8-10)16-18(23)17(19(16)24)13-7-5-11(20(2)3)9-15(13)22;2-1(3)4/h5-14,17-26H,3-4,15-16H2,1-2H3;8-26H,1H2,2-7H3;4-9,21-23H,1H2,2-3H3;/q+1;;;/p-1/b;9-8+;;. The quantitative estimate of drug-likeness (QED) is 0.0488. The molecular weight excluding hydrogens is 1490 g/mol. The van der Waals surface area contributed by atoms with Crippen LogP contribution in [0.4, 0.5) is 52.8 Å². The number of rotatable bonds is 18. The molecule has 1 aromatic heterocycles. The Hall–Kier alpha value is -11.6. The molecule has 0 unspecified atom stereocenters. The van der Waals surface area contributed by atoms with Crippen molar-refractivity contribution in [3.63, 3.8) is 0 Å². The van der Waals surface area contributed by atoms with E-state index in [4.69, 9.17) is 23.2 Å². The van der Waals surface area contributed by atoms with E-state index in [-0.39, 0.29) is 33.4 Å². The number of para-hydroxylation sites is 2. The summed E-state index contributed by atoms with van der Waals surface area (Å²) >= 11 is 16.4. The van der Waals surface area contributed by atoms with Crippen LogP contribution in [0.15, 0.2) is 300 Å². The summed E-state index contributed by atoms with van der Waals surface area (Å²) in [6.45, 7) is 13.9. The number of aromatic nitrogens is 1. The van der Waals surface area contributed by atoms with Crippen molar-refractivity contribution in [3.05, 3.63) is 353 Å². The van der Waals surface area contributed by atoms with Gasteiger partial charge in [0.2, 0.25) is 5.52 Å². The van der Waals surface area contributed by atoms with Crippen molar-refractivity contribution < 1.29 is 37.6 Å². The van der Waals surface area contributed by atoms with Gasteiger partial charge in [-0.2, -0.15) is 4.57 Å². The number of aromatic hydroxyl groups is 2. The first-order valence-electron chi connectivity index (χ1n) is 36.8. The number of benzene rings is 10. The highest BCUT2D eigenvalue weighted by atomic mass is 35.5. The fourth-order valence-corrected chi connectivity index (χ4v) is 16.0. The van der Waals surface area contributed by atoms with Gasteiger partial charge < -0.3 is 44.7 Å². The van der Waals surface area contributed by atoms with Crippen molar-refractivity contribution >= 4 is 151 Å². The van der Waals surface area contributed by atoms with Crippen LogP contribution in [0.3, 0.4) is 0 Å². The van der Waals surface area contributed by atoms with E-state index in [2.05, 4.69) is 323 Å². The van der Waals surface area contributed by atoms with Crippen molar-refractivity contribution in [2.45, 2.75) is 38.1 Å². The van der Waals surface area contributed by atoms with Gasteiger partial charge in [-0.3, -0.25) is 17.7 Å². The van der Waals surface area contributed by atoms with Crippen molar-refractivity contribution in [2.75, 3.05) is 92.3 Å². The molecule has 0 saturated heterocycles. The summed E-state index contributed by atoms with van der Waals surface area (Å²) in [4.78, 5) is 26.6. The van der Waals surface area contributed by atoms with Gasteiger partial charge in [0.25, 0.3) is 5.01 Å². The molecule has 113 heavy (non-hydrogen) atoms. The number of hydrogen-bond donors (Lipinski definition) is 2. The van der Waals surface area contributed by atoms with E-state index in [1.54, 1.807) is 23.1 Å². The Balaban J connectivity index is 0.000000170. The van der Waals surface area contributed by atoms with Gasteiger partial charge in [0.1, 0.15) is 22.7 Å². The number of thiazole rings is 1. The lowest BCUT2D eigenvalue weighted by Gasteiger charge is -2.31. The number of carbonyl (C=O) groups excluding carboxylic acids is 1. The van der Waals surface area contributed by atoms with Crippen molar-refractivity contribution in [3.8, 4) is 11.5 Å². The van der Waals surface area contributed by atoms with Gasteiger partial charge in [-0.15, -0.1) is 0 Å². The van der Waals surface area contributed by atoms with Crippen LogP contribution in [-0.2, 0) is 11.3 Å². The first-order valence-corrected chi connectivity index (χ1v) is 39.2. The molecule has 19 heteroatoms. The molecule has 10 aromatic carbocycles. The number of carbonyl (C=O) groups is 1. The number of anilines is 7. The number of ketones is 1. The summed E-state index contributed by atoms with van der Waals surface area (Å²) in [6, 6.07) is 77.6. The summed E-state index contributed by atoms with van der Waals surface area (Å²) in [5.74, 6) is -1.26. The summed E-state index contributed by atoms with van der Waals surface area (Å²) < 4.78 is 32.6. The molecular formula is C94H89BCl2F3N7O4S2. The third-order valence-electron chi connectivity index (χ3n) is 19.3. The summed E-state index contributed by atoms with van der Waals surface area (Å²) in [5.41, 5.74) is 18.8. The monoisotopic (exact) mass is 1580 g/mol. The Bertz CT molecular complexity index is 5650. The largest absolute Gasteiger partial charge is 0.871 e. The van der Waals surface area contributed by atoms with E-state index >= 15 is 0 Å². The van der Waals surface area contributed by atoms with Crippen molar-refractivity contribution in [1.29, 1.82) is 0 Å². The highest BCUT2D eigenvalue weighted by Crippen LogP contribution is 2.48. The predicted octanol–water partition coefficient (Wildman–Crippen LogP) is 19.0. The molecule has 0 bridgehead atoms. The van der Waals surface area contributed by atoms with Gasteiger partial charge >= 0.3 is 7.54 Å². The van der Waals surface area contributed by atoms with Crippen LogP contribution < -0.4 is 59.9 Å². The van der Waals surface area contributed by atoms with Gasteiger partial charge in [-0.25, -0.2) is 0 Å². The molecule has 2 heterocycles. The number of aryl methyl sites for hydroxylation is 1. The second-order valence-corrected chi connectivity index (χ2v) is 30.6. The second kappa shape index (κ2) is 37.6. The number of halogens is 5. The lowest BCUT2D eigenvalue weighted by molar-refractivity contribution is -0.665. The molecule has 1 aliphatic heterocycles. The van der Waals surface area contributed by atoms with Gasteiger partial charge in [0, 0.05) is 152 Å². The minimum Gasteiger partial charge on any atom is -0.871 e. The molecule has 0 fully saturated rings. The maximum absolute atomic E-state index is 12.4. The third kappa shape index (κ3) is 19.8. The van der Waals surface area contributed by atoms with Crippen LogP contribution >= 0.6 is 46.3 Å². The maximum Gasteiger partial charge on any atom is 0.762 e. The van der Waals surface area contributed by atoms with E-state index in [1.165, 1.54) is 111 Å². The fourth-order valence-electron chi connectivity index (χ4n) is 13.4. The average Bonchev–Trinajstić information content (AvgIpc) is 1.31. The number of allylic oxidation sites excluding steroid dienone is 10. The van der Waals surface area contributed by atoms with Crippen LogP contribution in [0.2, 0.25) is 10.0 Å². The number of hydrogen-bond acceptors (Lipinski definition) is 12. The Morgan fingerprint density at radius 1 is 0.584 bits per heavy atom. The SMILES string of the molecule is C=c1ccc(=C(/C=C/C=C(c2ccc(N(C)C)cc2)c2ccc(N(C)C)cc2)c2ccc(N(C)C)cc2)cc1.C=c1ccc(=C2C(=O)C(c3ccc(N(C)C)cc3O)=C2[O-])c(O)c1.CCN1/C(=C\C=C2CCC(/C=C/c3sc4ccc(Cl)cc4[n+]3CC)=C2N(c2ccccc2)c2ccccc2)Sc2ccc(Cl)cc21.FB(F)F. The molecule has 11 nitrogen and oxygen atoms in total. The second-order valence-electron chi connectivity index (χ2n) is 27.6. The molecule has 2 aliphatic carbocycles. The molecule has 2 N–H and O–H groups in total. The molecule has 0 saturated carbocycles. The molecule has 574 valence electrons. The van der Waals surface area contributed by atoms with E-state index in [0.717, 1.165) is 63.5 Å². The first kappa shape index (κ1) is 82.4. The smallest absolute Gasteiger partial charge is 0.762 e. The molecule has 0 radical (unpaired) electrons. The molecule has 14 rings (SSSR count). The number of nitrogens with zero attached hydrogens (tertiary/aromatic N) is 7. The average molecular weight is 1580 g/mol. The molecule has 0 atom stereocenters.